The number of hydrogen-bond acceptors (Lipinski definition) is 3. The molecular weight excluding hydrogens is 296 g/mol. The van der Waals surface area contributed by atoms with E-state index in [1.54, 1.807) is 0 Å². The number of nitrogens with one attached hydrogen (secondary N) is 1. The third-order valence-electron chi connectivity index (χ3n) is 5.32. The lowest BCUT2D eigenvalue weighted by atomic mass is 9.90. The Labute approximate surface area is 144 Å². The van der Waals surface area contributed by atoms with Crippen LogP contribution in [0.15, 0.2) is 30.6 Å². The molecule has 24 heavy (non-hydrogen) atoms. The predicted octanol–water partition coefficient (Wildman–Crippen LogP) is 3.95. The summed E-state index contributed by atoms with van der Waals surface area (Å²) in [6, 6.07) is 7.97. The monoisotopic (exact) mass is 324 g/mol. The second-order valence-corrected chi connectivity index (χ2v) is 7.65. The first-order valence-electron chi connectivity index (χ1n) is 9.26. The summed E-state index contributed by atoms with van der Waals surface area (Å²) in [7, 11) is 1.98. The van der Waals surface area contributed by atoms with Crippen molar-refractivity contribution in [2.45, 2.75) is 51.6 Å². The molecule has 1 saturated carbocycles. The Hall–Kier alpha value is -1.81. The van der Waals surface area contributed by atoms with Crippen LogP contribution in [0.5, 0.6) is 0 Å². The van der Waals surface area contributed by atoms with Crippen LogP contribution in [-0.2, 0) is 13.5 Å². The van der Waals surface area contributed by atoms with Gasteiger partial charge in [0.05, 0.1) is 11.9 Å². The van der Waals surface area contributed by atoms with Crippen LogP contribution in [0.3, 0.4) is 0 Å². The predicted molar refractivity (Wildman–Crippen MR) is 98.7 cm³/mol. The molecule has 4 rings (SSSR count). The van der Waals surface area contributed by atoms with E-state index in [9.17, 15) is 0 Å². The normalized spacial score (nSPS) is 20.2. The molecule has 2 aromatic rings. The van der Waals surface area contributed by atoms with Crippen LogP contribution in [-0.4, -0.2) is 22.4 Å². The van der Waals surface area contributed by atoms with Gasteiger partial charge in [0.25, 0.3) is 0 Å². The Kier molecular flexibility index (Phi) is 4.09. The van der Waals surface area contributed by atoms with E-state index in [0.717, 1.165) is 24.6 Å². The van der Waals surface area contributed by atoms with Gasteiger partial charge in [-0.1, -0.05) is 18.9 Å². The summed E-state index contributed by atoms with van der Waals surface area (Å²) in [6.45, 7) is 5.60. The smallest absolute Gasteiger partial charge is 0.0799 e. The van der Waals surface area contributed by atoms with Gasteiger partial charge in [0.2, 0.25) is 0 Å². The largest absolute Gasteiger partial charge is 0.336 e. The van der Waals surface area contributed by atoms with Gasteiger partial charge >= 0.3 is 0 Å². The van der Waals surface area contributed by atoms with E-state index in [1.165, 1.54) is 36.1 Å². The number of aromatic nitrogens is 2. The van der Waals surface area contributed by atoms with Crippen LogP contribution in [0.1, 0.15) is 50.3 Å². The second kappa shape index (κ2) is 6.25. The van der Waals surface area contributed by atoms with Crippen LogP contribution in [0.4, 0.5) is 11.4 Å². The summed E-state index contributed by atoms with van der Waals surface area (Å²) in [4.78, 5) is 2.38. The molecule has 1 fully saturated rings. The van der Waals surface area contributed by atoms with Gasteiger partial charge in [0, 0.05) is 31.0 Å². The van der Waals surface area contributed by atoms with E-state index in [1.807, 2.05) is 17.9 Å². The van der Waals surface area contributed by atoms with Crippen molar-refractivity contribution >= 4 is 11.4 Å². The van der Waals surface area contributed by atoms with Crippen molar-refractivity contribution in [2.24, 2.45) is 13.0 Å². The molecule has 0 amide bonds. The van der Waals surface area contributed by atoms with Crippen LogP contribution in [0, 0.1) is 5.92 Å². The molecular formula is C20H28N4. The Morgan fingerprint density at radius 1 is 1.29 bits per heavy atom. The maximum Gasteiger partial charge on any atom is 0.0799 e. The molecule has 1 aromatic heterocycles. The van der Waals surface area contributed by atoms with Gasteiger partial charge in [-0.15, -0.1) is 0 Å². The molecule has 0 saturated heterocycles. The first-order valence-corrected chi connectivity index (χ1v) is 9.26. The van der Waals surface area contributed by atoms with E-state index in [-0.39, 0.29) is 0 Å². The fourth-order valence-electron chi connectivity index (χ4n) is 3.95. The lowest BCUT2D eigenvalue weighted by Gasteiger charge is -2.32. The SMILES string of the molecule is CC(C)N(c1ccc2c(c1)C(CC1CC1)NCC2)c1cnn(C)c1. The van der Waals surface area contributed by atoms with Crippen molar-refractivity contribution < 1.29 is 0 Å². The lowest BCUT2D eigenvalue weighted by molar-refractivity contribution is 0.453. The average Bonchev–Trinajstić information content (AvgIpc) is 3.28. The average molecular weight is 324 g/mol. The molecule has 0 spiro atoms. The third kappa shape index (κ3) is 3.07. The highest BCUT2D eigenvalue weighted by Gasteiger charge is 2.29. The number of anilines is 2. The number of rotatable bonds is 5. The number of fused-ring (bicyclic) bond motifs is 1. The Morgan fingerprint density at radius 2 is 2.12 bits per heavy atom. The topological polar surface area (TPSA) is 33.1 Å². The van der Waals surface area contributed by atoms with Crippen molar-refractivity contribution in [3.05, 3.63) is 41.7 Å². The van der Waals surface area contributed by atoms with E-state index in [0.29, 0.717) is 12.1 Å². The van der Waals surface area contributed by atoms with Crippen molar-refractivity contribution in [1.29, 1.82) is 0 Å². The minimum Gasteiger partial charge on any atom is -0.336 e. The molecule has 0 bridgehead atoms. The van der Waals surface area contributed by atoms with Gasteiger partial charge in [-0.3, -0.25) is 4.68 Å². The van der Waals surface area contributed by atoms with Gasteiger partial charge in [-0.2, -0.15) is 5.10 Å². The van der Waals surface area contributed by atoms with E-state index >= 15 is 0 Å². The van der Waals surface area contributed by atoms with Gasteiger partial charge in [-0.25, -0.2) is 0 Å². The molecule has 0 radical (unpaired) electrons. The molecule has 128 valence electrons. The number of hydrogen-bond donors (Lipinski definition) is 1. The minimum absolute atomic E-state index is 0.394. The molecule has 2 heterocycles. The van der Waals surface area contributed by atoms with Crippen LogP contribution in [0.25, 0.3) is 0 Å². The third-order valence-corrected chi connectivity index (χ3v) is 5.32. The summed E-state index contributed by atoms with van der Waals surface area (Å²) in [6.07, 6.45) is 9.33. The van der Waals surface area contributed by atoms with E-state index in [4.69, 9.17) is 0 Å². The Bertz CT molecular complexity index is 714. The van der Waals surface area contributed by atoms with Crippen molar-refractivity contribution in [3.8, 4) is 0 Å². The number of aryl methyl sites for hydroxylation is 1. The number of benzene rings is 1. The van der Waals surface area contributed by atoms with Crippen LogP contribution < -0.4 is 10.2 Å². The van der Waals surface area contributed by atoms with Gasteiger partial charge in [-0.05, 0) is 62.4 Å². The highest BCUT2D eigenvalue weighted by Crippen LogP contribution is 2.40. The molecule has 1 unspecified atom stereocenters. The van der Waals surface area contributed by atoms with Crippen LogP contribution in [0.2, 0.25) is 0 Å². The maximum absolute atomic E-state index is 4.36. The Balaban J connectivity index is 1.69. The van der Waals surface area contributed by atoms with E-state index < -0.39 is 0 Å². The maximum atomic E-state index is 4.36. The van der Waals surface area contributed by atoms with Gasteiger partial charge in [0.15, 0.2) is 0 Å². The zero-order valence-electron chi connectivity index (χ0n) is 15.0. The molecule has 1 aromatic carbocycles. The zero-order chi connectivity index (χ0) is 16.7. The number of nitrogens with zero attached hydrogens (tertiary/aromatic N) is 3. The fraction of sp³-hybridized carbons (Fsp3) is 0.550. The summed E-state index contributed by atoms with van der Waals surface area (Å²) in [5, 5.41) is 8.11. The molecule has 1 atom stereocenters. The summed E-state index contributed by atoms with van der Waals surface area (Å²) in [5.74, 6) is 0.941. The lowest BCUT2D eigenvalue weighted by Crippen LogP contribution is -2.31. The van der Waals surface area contributed by atoms with Crippen molar-refractivity contribution in [3.63, 3.8) is 0 Å². The molecule has 1 N–H and O–H groups in total. The molecule has 4 heteroatoms. The molecule has 2 aliphatic rings. The van der Waals surface area contributed by atoms with E-state index in [2.05, 4.69) is 53.6 Å². The standard InChI is InChI=1S/C20H28N4/c1-14(2)24(18-12-22-23(3)13-18)17-7-6-16-8-9-21-20(19(16)11-17)10-15-4-5-15/h6-7,11-15,20-21H,4-5,8-10H2,1-3H3. The zero-order valence-corrected chi connectivity index (χ0v) is 15.0. The highest BCUT2D eigenvalue weighted by molar-refractivity contribution is 5.64. The van der Waals surface area contributed by atoms with Crippen molar-refractivity contribution in [2.75, 3.05) is 11.4 Å². The Morgan fingerprint density at radius 3 is 2.79 bits per heavy atom. The van der Waals surface area contributed by atoms with Crippen molar-refractivity contribution in [1.82, 2.24) is 15.1 Å². The summed E-state index contributed by atoms with van der Waals surface area (Å²) in [5.41, 5.74) is 5.48. The minimum atomic E-state index is 0.394. The molecule has 1 aliphatic carbocycles. The second-order valence-electron chi connectivity index (χ2n) is 7.65. The van der Waals surface area contributed by atoms with Gasteiger partial charge < -0.3 is 10.2 Å². The van der Waals surface area contributed by atoms with Crippen LogP contribution >= 0.6 is 0 Å². The first kappa shape index (κ1) is 15.7. The quantitative estimate of drug-likeness (QED) is 0.904. The first-order chi connectivity index (χ1) is 11.6. The van der Waals surface area contributed by atoms with Gasteiger partial charge in [0.1, 0.15) is 0 Å². The summed E-state index contributed by atoms with van der Waals surface area (Å²) >= 11 is 0. The highest BCUT2D eigenvalue weighted by atomic mass is 15.3. The molecule has 1 aliphatic heterocycles. The fourth-order valence-corrected chi connectivity index (χ4v) is 3.95. The summed E-state index contributed by atoms with van der Waals surface area (Å²) < 4.78 is 1.88. The molecule has 4 nitrogen and oxygen atoms in total.